The Labute approximate surface area is 100 Å². The molecule has 16 heavy (non-hydrogen) atoms. The average Bonchev–Trinajstić information content (AvgIpc) is 2.24. The lowest BCUT2D eigenvalue weighted by Crippen LogP contribution is -2.42. The highest BCUT2D eigenvalue weighted by molar-refractivity contribution is 6.31. The van der Waals surface area contributed by atoms with E-state index in [4.69, 9.17) is 11.6 Å². The second kappa shape index (κ2) is 4.71. The van der Waals surface area contributed by atoms with E-state index < -0.39 is 0 Å². The van der Waals surface area contributed by atoms with E-state index in [9.17, 15) is 4.79 Å². The van der Waals surface area contributed by atoms with Crippen LogP contribution in [-0.4, -0.2) is 11.9 Å². The first kappa shape index (κ1) is 11.2. The largest absolute Gasteiger partial charge is 0.350 e. The second-order valence-corrected chi connectivity index (χ2v) is 4.51. The Balaban J connectivity index is 1.91. The van der Waals surface area contributed by atoms with Crippen molar-refractivity contribution >= 4 is 17.5 Å². The number of carbonyl (C=O) groups is 1. The lowest BCUT2D eigenvalue weighted by molar-refractivity contribution is -0.117. The molecule has 0 aromatic heterocycles. The van der Waals surface area contributed by atoms with Gasteiger partial charge < -0.3 is 5.32 Å². The molecule has 1 aromatic carbocycles. The fourth-order valence-corrected chi connectivity index (χ4v) is 2.35. The first-order valence-corrected chi connectivity index (χ1v) is 5.76. The first-order chi connectivity index (χ1) is 7.70. The van der Waals surface area contributed by atoms with E-state index in [1.807, 2.05) is 18.2 Å². The summed E-state index contributed by atoms with van der Waals surface area (Å²) in [5.74, 6) is 0.381. The van der Waals surface area contributed by atoms with Crippen molar-refractivity contribution in [3.05, 3.63) is 47.5 Å². The molecule has 3 heteroatoms. The van der Waals surface area contributed by atoms with E-state index in [1.165, 1.54) is 11.6 Å². The topological polar surface area (TPSA) is 29.1 Å². The average molecular weight is 236 g/mol. The molecule has 0 saturated heterocycles. The molecule has 1 fully saturated rings. The van der Waals surface area contributed by atoms with Crippen LogP contribution in [0.2, 0.25) is 5.02 Å². The quantitative estimate of drug-likeness (QED) is 0.802. The minimum atomic E-state index is -0.0948. The van der Waals surface area contributed by atoms with Crippen molar-refractivity contribution in [2.45, 2.75) is 24.8 Å². The maximum absolute atomic E-state index is 11.1. The van der Waals surface area contributed by atoms with Crippen molar-refractivity contribution in [2.24, 2.45) is 0 Å². The van der Waals surface area contributed by atoms with Crippen LogP contribution >= 0.6 is 11.6 Å². The molecule has 1 N–H and O–H groups in total. The summed E-state index contributed by atoms with van der Waals surface area (Å²) in [6.45, 7) is 3.43. The Kier molecular flexibility index (Phi) is 3.30. The van der Waals surface area contributed by atoms with E-state index in [-0.39, 0.29) is 11.9 Å². The van der Waals surface area contributed by atoms with Crippen molar-refractivity contribution in [1.82, 2.24) is 5.32 Å². The summed E-state index contributed by atoms with van der Waals surface area (Å²) in [6.07, 6.45) is 3.23. The van der Waals surface area contributed by atoms with Gasteiger partial charge in [0.25, 0.3) is 0 Å². The summed E-state index contributed by atoms with van der Waals surface area (Å²) < 4.78 is 0. The summed E-state index contributed by atoms with van der Waals surface area (Å²) in [4.78, 5) is 11.1. The molecule has 2 nitrogen and oxygen atoms in total. The Hall–Kier alpha value is -1.28. The van der Waals surface area contributed by atoms with Crippen molar-refractivity contribution in [3.63, 3.8) is 0 Å². The van der Waals surface area contributed by atoms with Gasteiger partial charge in [-0.2, -0.15) is 0 Å². The van der Waals surface area contributed by atoms with Gasteiger partial charge in [0, 0.05) is 11.1 Å². The van der Waals surface area contributed by atoms with Gasteiger partial charge in [0.2, 0.25) is 5.91 Å². The number of hydrogen-bond acceptors (Lipinski definition) is 1. The van der Waals surface area contributed by atoms with Gasteiger partial charge in [-0.1, -0.05) is 36.4 Å². The van der Waals surface area contributed by atoms with E-state index in [2.05, 4.69) is 18.0 Å². The van der Waals surface area contributed by atoms with Gasteiger partial charge in [0.15, 0.2) is 0 Å². The molecule has 0 unspecified atom stereocenters. The van der Waals surface area contributed by atoms with Crippen molar-refractivity contribution < 1.29 is 4.79 Å². The van der Waals surface area contributed by atoms with Gasteiger partial charge in [0.05, 0.1) is 0 Å². The van der Waals surface area contributed by atoms with Crippen molar-refractivity contribution in [1.29, 1.82) is 0 Å². The predicted molar refractivity (Wildman–Crippen MR) is 65.6 cm³/mol. The number of hydrogen-bond donors (Lipinski definition) is 1. The summed E-state index contributed by atoms with van der Waals surface area (Å²) in [7, 11) is 0. The first-order valence-electron chi connectivity index (χ1n) is 5.38. The van der Waals surface area contributed by atoms with Gasteiger partial charge >= 0.3 is 0 Å². The number of amides is 1. The Morgan fingerprint density at radius 3 is 2.75 bits per heavy atom. The molecule has 1 aliphatic carbocycles. The predicted octanol–water partition coefficient (Wildman–Crippen LogP) is 2.89. The molecule has 1 saturated carbocycles. The summed E-state index contributed by atoms with van der Waals surface area (Å²) in [5.41, 5.74) is 1.19. The molecule has 0 radical (unpaired) electrons. The molecule has 0 heterocycles. The highest BCUT2D eigenvalue weighted by Gasteiger charge is 2.31. The van der Waals surface area contributed by atoms with Crippen LogP contribution in [0.3, 0.4) is 0 Å². The van der Waals surface area contributed by atoms with Gasteiger partial charge in [0.1, 0.15) is 0 Å². The van der Waals surface area contributed by atoms with Crippen molar-refractivity contribution in [3.8, 4) is 0 Å². The Morgan fingerprint density at radius 1 is 1.44 bits per heavy atom. The maximum atomic E-state index is 11.1. The van der Waals surface area contributed by atoms with E-state index >= 15 is 0 Å². The van der Waals surface area contributed by atoms with Gasteiger partial charge in [-0.15, -0.1) is 0 Å². The zero-order chi connectivity index (χ0) is 11.5. The Morgan fingerprint density at radius 2 is 2.12 bits per heavy atom. The SMILES string of the molecule is C=CC(=O)NC1CC(c2ccccc2Cl)C1. The van der Waals surface area contributed by atoms with Gasteiger partial charge in [-0.25, -0.2) is 0 Å². The third kappa shape index (κ3) is 2.27. The molecule has 84 valence electrons. The minimum absolute atomic E-state index is 0.0948. The number of benzene rings is 1. The summed E-state index contributed by atoms with van der Waals surface area (Å²) in [6, 6.07) is 8.16. The van der Waals surface area contributed by atoms with Crippen LogP contribution in [0.5, 0.6) is 0 Å². The molecule has 0 bridgehead atoms. The zero-order valence-electron chi connectivity index (χ0n) is 8.95. The second-order valence-electron chi connectivity index (χ2n) is 4.10. The van der Waals surface area contributed by atoms with Crippen molar-refractivity contribution in [2.75, 3.05) is 0 Å². The van der Waals surface area contributed by atoms with Crippen LogP contribution in [0, 0.1) is 0 Å². The molecule has 1 aromatic rings. The van der Waals surface area contributed by atoms with E-state index in [0.29, 0.717) is 5.92 Å². The molecule has 0 spiro atoms. The molecule has 0 atom stereocenters. The minimum Gasteiger partial charge on any atom is -0.350 e. The lowest BCUT2D eigenvalue weighted by atomic mass is 9.76. The Bertz CT molecular complexity index is 410. The number of halogens is 1. The summed E-state index contributed by atoms with van der Waals surface area (Å²) >= 11 is 6.11. The summed E-state index contributed by atoms with van der Waals surface area (Å²) in [5, 5.41) is 3.71. The maximum Gasteiger partial charge on any atom is 0.243 e. The number of rotatable bonds is 3. The number of carbonyl (C=O) groups excluding carboxylic acids is 1. The molecule has 1 amide bonds. The smallest absolute Gasteiger partial charge is 0.243 e. The normalized spacial score (nSPS) is 23.3. The molecular weight excluding hydrogens is 222 g/mol. The third-order valence-corrected chi connectivity index (χ3v) is 3.36. The molecule has 1 aliphatic rings. The third-order valence-electron chi connectivity index (χ3n) is 3.01. The van der Waals surface area contributed by atoms with Gasteiger partial charge in [-0.05, 0) is 36.5 Å². The number of nitrogens with one attached hydrogen (secondary N) is 1. The zero-order valence-corrected chi connectivity index (χ0v) is 9.70. The molecular formula is C13H14ClNO. The highest BCUT2D eigenvalue weighted by Crippen LogP contribution is 2.39. The monoisotopic (exact) mass is 235 g/mol. The van der Waals surface area contributed by atoms with Crippen LogP contribution in [0.15, 0.2) is 36.9 Å². The fourth-order valence-electron chi connectivity index (χ4n) is 2.06. The van der Waals surface area contributed by atoms with Crippen LogP contribution in [0.25, 0.3) is 0 Å². The van der Waals surface area contributed by atoms with Crippen LogP contribution in [0.1, 0.15) is 24.3 Å². The van der Waals surface area contributed by atoms with E-state index in [0.717, 1.165) is 17.9 Å². The van der Waals surface area contributed by atoms with E-state index in [1.54, 1.807) is 0 Å². The standard InChI is InChI=1S/C13H14ClNO/c1-2-13(16)15-10-7-9(8-10)11-5-3-4-6-12(11)14/h2-6,9-10H,1,7-8H2,(H,15,16). The molecule has 2 rings (SSSR count). The van der Waals surface area contributed by atoms with Crippen LogP contribution in [0.4, 0.5) is 0 Å². The lowest BCUT2D eigenvalue weighted by Gasteiger charge is -2.36. The van der Waals surface area contributed by atoms with Gasteiger partial charge in [-0.3, -0.25) is 4.79 Å². The van der Waals surface area contributed by atoms with Crippen LogP contribution in [-0.2, 0) is 4.79 Å². The highest BCUT2D eigenvalue weighted by atomic mass is 35.5. The van der Waals surface area contributed by atoms with Crippen LogP contribution < -0.4 is 5.32 Å². The fraction of sp³-hybridized carbons (Fsp3) is 0.308. The molecule has 0 aliphatic heterocycles.